The number of hydrogen-bond donors (Lipinski definition) is 1. The number of nitrogens with zero attached hydrogens (tertiary/aromatic N) is 2. The van der Waals surface area contributed by atoms with E-state index in [-0.39, 0.29) is 11.1 Å². The second-order valence-electron chi connectivity index (χ2n) is 8.54. The van der Waals surface area contributed by atoms with Crippen LogP contribution in [0, 0.1) is 12.7 Å². The predicted octanol–water partition coefficient (Wildman–Crippen LogP) is 5.88. The SMILES string of the molecule is Cc1ccn2c(NC(C)(C)C)c(-c3ccc(OC(=O)c4ccc(F)cc4)cc3)nc2c1. The molecule has 0 saturated heterocycles. The molecule has 2 aromatic heterocycles. The number of nitrogens with one attached hydrogen (secondary N) is 1. The first kappa shape index (κ1) is 20.6. The van der Waals surface area contributed by atoms with Crippen LogP contribution in [0.3, 0.4) is 0 Å². The van der Waals surface area contributed by atoms with Gasteiger partial charge in [0.25, 0.3) is 0 Å². The van der Waals surface area contributed by atoms with E-state index in [1.54, 1.807) is 12.1 Å². The Morgan fingerprint density at radius 1 is 1.03 bits per heavy atom. The van der Waals surface area contributed by atoms with E-state index in [1.165, 1.54) is 24.3 Å². The van der Waals surface area contributed by atoms with Crippen molar-refractivity contribution in [3.05, 3.63) is 83.8 Å². The number of hydrogen-bond acceptors (Lipinski definition) is 4. The molecule has 0 aliphatic heterocycles. The zero-order valence-electron chi connectivity index (χ0n) is 17.9. The van der Waals surface area contributed by atoms with Gasteiger partial charge in [0, 0.05) is 17.3 Å². The molecule has 2 aromatic carbocycles. The number of benzene rings is 2. The van der Waals surface area contributed by atoms with Gasteiger partial charge in [0.15, 0.2) is 0 Å². The van der Waals surface area contributed by atoms with E-state index < -0.39 is 11.8 Å². The van der Waals surface area contributed by atoms with E-state index >= 15 is 0 Å². The number of imidazole rings is 1. The first-order valence-corrected chi connectivity index (χ1v) is 10.0. The Morgan fingerprint density at radius 3 is 2.35 bits per heavy atom. The summed E-state index contributed by atoms with van der Waals surface area (Å²) in [7, 11) is 0. The van der Waals surface area contributed by atoms with E-state index in [0.717, 1.165) is 28.3 Å². The van der Waals surface area contributed by atoms with E-state index in [1.807, 2.05) is 41.8 Å². The number of rotatable bonds is 4. The van der Waals surface area contributed by atoms with Gasteiger partial charge in [-0.25, -0.2) is 14.2 Å². The summed E-state index contributed by atoms with van der Waals surface area (Å²) in [5.41, 5.74) is 3.84. The lowest BCUT2D eigenvalue weighted by Gasteiger charge is -2.22. The average Bonchev–Trinajstić information content (AvgIpc) is 3.04. The van der Waals surface area contributed by atoms with E-state index in [0.29, 0.717) is 5.75 Å². The number of halogens is 1. The average molecular weight is 417 g/mol. The van der Waals surface area contributed by atoms with Gasteiger partial charge in [-0.05, 0) is 93.9 Å². The third-order valence-electron chi connectivity index (χ3n) is 4.69. The molecule has 0 aliphatic carbocycles. The standard InChI is InChI=1S/C25H24FN3O2/c1-16-13-14-29-21(15-16)27-22(23(29)28-25(2,3)4)17-7-11-20(12-8-17)31-24(30)18-5-9-19(26)10-6-18/h5-15,28H,1-4H3. The van der Waals surface area contributed by atoms with Crippen LogP contribution < -0.4 is 10.1 Å². The van der Waals surface area contributed by atoms with Gasteiger partial charge in [0.05, 0.1) is 5.56 Å². The van der Waals surface area contributed by atoms with Crippen molar-refractivity contribution in [2.45, 2.75) is 33.2 Å². The number of esters is 1. The molecule has 0 spiro atoms. The van der Waals surface area contributed by atoms with Crippen LogP contribution in [0.25, 0.3) is 16.9 Å². The zero-order chi connectivity index (χ0) is 22.2. The number of carbonyl (C=O) groups excluding carboxylic acids is 1. The van der Waals surface area contributed by atoms with Crippen LogP contribution in [0.1, 0.15) is 36.7 Å². The Labute approximate surface area is 180 Å². The van der Waals surface area contributed by atoms with Crippen LogP contribution in [0.5, 0.6) is 5.75 Å². The highest BCUT2D eigenvalue weighted by Gasteiger charge is 2.19. The quantitative estimate of drug-likeness (QED) is 0.333. The number of fused-ring (bicyclic) bond motifs is 1. The highest BCUT2D eigenvalue weighted by molar-refractivity contribution is 5.91. The Balaban J connectivity index is 1.64. The largest absolute Gasteiger partial charge is 0.423 e. The minimum atomic E-state index is -0.536. The molecule has 6 heteroatoms. The minimum absolute atomic E-state index is 0.153. The number of carbonyl (C=O) groups is 1. The Morgan fingerprint density at radius 2 is 1.71 bits per heavy atom. The van der Waals surface area contributed by atoms with Gasteiger partial charge in [0.2, 0.25) is 0 Å². The molecule has 1 N–H and O–H groups in total. The summed E-state index contributed by atoms with van der Waals surface area (Å²) in [6.45, 7) is 8.34. The lowest BCUT2D eigenvalue weighted by atomic mass is 10.1. The molecule has 31 heavy (non-hydrogen) atoms. The topological polar surface area (TPSA) is 55.6 Å². The Hall–Kier alpha value is -3.67. The van der Waals surface area contributed by atoms with Crippen molar-refractivity contribution in [3.63, 3.8) is 0 Å². The van der Waals surface area contributed by atoms with Crippen LogP contribution in [-0.4, -0.2) is 20.9 Å². The summed E-state index contributed by atoms with van der Waals surface area (Å²) in [5, 5.41) is 3.55. The molecule has 0 bridgehead atoms. The minimum Gasteiger partial charge on any atom is -0.423 e. The first-order chi connectivity index (χ1) is 14.7. The highest BCUT2D eigenvalue weighted by atomic mass is 19.1. The molecule has 0 amide bonds. The molecule has 4 rings (SSSR count). The highest BCUT2D eigenvalue weighted by Crippen LogP contribution is 2.32. The molecule has 2 heterocycles. The number of aryl methyl sites for hydroxylation is 1. The number of pyridine rings is 1. The second kappa shape index (κ2) is 7.87. The third kappa shape index (κ3) is 4.58. The summed E-state index contributed by atoms with van der Waals surface area (Å²) < 4.78 is 20.5. The molecule has 0 atom stereocenters. The maximum atomic E-state index is 13.1. The lowest BCUT2D eigenvalue weighted by Crippen LogP contribution is -2.27. The summed E-state index contributed by atoms with van der Waals surface area (Å²) in [5.74, 6) is 0.371. The van der Waals surface area contributed by atoms with E-state index in [2.05, 4.69) is 26.1 Å². The van der Waals surface area contributed by atoms with Crippen LogP contribution >= 0.6 is 0 Å². The molecule has 4 aromatic rings. The van der Waals surface area contributed by atoms with E-state index in [9.17, 15) is 9.18 Å². The second-order valence-corrected chi connectivity index (χ2v) is 8.54. The van der Waals surface area contributed by atoms with Crippen molar-refractivity contribution >= 4 is 17.4 Å². The van der Waals surface area contributed by atoms with Gasteiger partial charge in [-0.1, -0.05) is 0 Å². The molecule has 0 fully saturated rings. The fourth-order valence-electron chi connectivity index (χ4n) is 3.26. The van der Waals surface area contributed by atoms with Crippen LogP contribution in [0.2, 0.25) is 0 Å². The maximum Gasteiger partial charge on any atom is 0.343 e. The van der Waals surface area contributed by atoms with Crippen molar-refractivity contribution in [2.75, 3.05) is 5.32 Å². The van der Waals surface area contributed by atoms with Gasteiger partial charge in [-0.3, -0.25) is 4.40 Å². The van der Waals surface area contributed by atoms with Crippen molar-refractivity contribution < 1.29 is 13.9 Å². The normalized spacial score (nSPS) is 11.5. The summed E-state index contributed by atoms with van der Waals surface area (Å²) in [4.78, 5) is 17.1. The fraction of sp³-hybridized carbons (Fsp3) is 0.200. The van der Waals surface area contributed by atoms with Crippen molar-refractivity contribution in [1.82, 2.24) is 9.38 Å². The van der Waals surface area contributed by atoms with Gasteiger partial charge in [-0.2, -0.15) is 0 Å². The van der Waals surface area contributed by atoms with Gasteiger partial charge >= 0.3 is 5.97 Å². The zero-order valence-corrected chi connectivity index (χ0v) is 17.9. The fourth-order valence-corrected chi connectivity index (χ4v) is 3.26. The lowest BCUT2D eigenvalue weighted by molar-refractivity contribution is 0.0734. The predicted molar refractivity (Wildman–Crippen MR) is 120 cm³/mol. The molecule has 0 saturated carbocycles. The molecular formula is C25H24FN3O2. The number of anilines is 1. The molecule has 5 nitrogen and oxygen atoms in total. The van der Waals surface area contributed by atoms with Gasteiger partial charge < -0.3 is 10.1 Å². The molecule has 0 unspecified atom stereocenters. The molecule has 0 radical (unpaired) electrons. The smallest absolute Gasteiger partial charge is 0.343 e. The monoisotopic (exact) mass is 417 g/mol. The summed E-state index contributed by atoms with van der Waals surface area (Å²) in [6.07, 6.45) is 2.01. The Bertz CT molecular complexity index is 1240. The molecule has 0 aliphatic rings. The van der Waals surface area contributed by atoms with Crippen LogP contribution in [0.15, 0.2) is 66.9 Å². The number of aromatic nitrogens is 2. The van der Waals surface area contributed by atoms with Gasteiger partial charge in [0.1, 0.15) is 28.7 Å². The van der Waals surface area contributed by atoms with Crippen LogP contribution in [-0.2, 0) is 0 Å². The molecular weight excluding hydrogens is 393 g/mol. The molecule has 158 valence electrons. The number of ether oxygens (including phenoxy) is 1. The van der Waals surface area contributed by atoms with Crippen molar-refractivity contribution in [1.29, 1.82) is 0 Å². The van der Waals surface area contributed by atoms with Gasteiger partial charge in [-0.15, -0.1) is 0 Å². The summed E-state index contributed by atoms with van der Waals surface area (Å²) in [6, 6.07) is 16.5. The third-order valence-corrected chi connectivity index (χ3v) is 4.69. The van der Waals surface area contributed by atoms with Crippen LogP contribution in [0.4, 0.5) is 10.2 Å². The first-order valence-electron chi connectivity index (χ1n) is 10.0. The maximum absolute atomic E-state index is 13.1. The van der Waals surface area contributed by atoms with Crippen molar-refractivity contribution in [3.8, 4) is 17.0 Å². The van der Waals surface area contributed by atoms with E-state index in [4.69, 9.17) is 9.72 Å². The Kier molecular flexibility index (Phi) is 5.23. The van der Waals surface area contributed by atoms with Crippen molar-refractivity contribution in [2.24, 2.45) is 0 Å². The summed E-state index contributed by atoms with van der Waals surface area (Å²) >= 11 is 0.